The van der Waals surface area contributed by atoms with Crippen LogP contribution in [-0.2, 0) is 0 Å². The Hall–Kier alpha value is -3.06. The third-order valence-corrected chi connectivity index (χ3v) is 3.78. The van der Waals surface area contributed by atoms with Crippen LogP contribution in [0, 0.1) is 18.3 Å². The third-order valence-electron chi connectivity index (χ3n) is 3.78. The second-order valence-electron chi connectivity index (χ2n) is 5.55. The van der Waals surface area contributed by atoms with Crippen LogP contribution in [0.4, 0.5) is 5.69 Å². The first-order valence-electron chi connectivity index (χ1n) is 7.33. The summed E-state index contributed by atoms with van der Waals surface area (Å²) in [4.78, 5) is 6.54. The molecule has 0 radical (unpaired) electrons. The summed E-state index contributed by atoms with van der Waals surface area (Å²) >= 11 is 0. The first kappa shape index (κ1) is 14.9. The Morgan fingerprint density at radius 1 is 1.13 bits per heavy atom. The van der Waals surface area contributed by atoms with Gasteiger partial charge in [-0.15, -0.1) is 0 Å². The van der Waals surface area contributed by atoms with Crippen molar-refractivity contribution in [1.29, 1.82) is 5.26 Å². The van der Waals surface area contributed by atoms with E-state index >= 15 is 0 Å². The minimum atomic E-state index is 0.595. The van der Waals surface area contributed by atoms with Crippen molar-refractivity contribution in [1.82, 2.24) is 4.98 Å². The van der Waals surface area contributed by atoms with Gasteiger partial charge in [-0.05, 0) is 42.8 Å². The van der Waals surface area contributed by atoms with Crippen LogP contribution >= 0.6 is 0 Å². The lowest BCUT2D eigenvalue weighted by Gasteiger charge is -2.14. The van der Waals surface area contributed by atoms with Crippen molar-refractivity contribution in [3.8, 4) is 28.7 Å². The molecule has 0 amide bonds. The van der Waals surface area contributed by atoms with E-state index in [0.717, 1.165) is 22.5 Å². The summed E-state index contributed by atoms with van der Waals surface area (Å²) in [5.74, 6) is 0.698. The molecule has 0 fully saturated rings. The molecule has 0 N–H and O–H groups in total. The number of anilines is 1. The number of nitriles is 1. The van der Waals surface area contributed by atoms with Crippen LogP contribution in [0.2, 0.25) is 0 Å². The van der Waals surface area contributed by atoms with Crippen LogP contribution in [0.1, 0.15) is 11.3 Å². The fourth-order valence-electron chi connectivity index (χ4n) is 2.53. The van der Waals surface area contributed by atoms with Crippen molar-refractivity contribution in [3.05, 3.63) is 60.0 Å². The van der Waals surface area contributed by atoms with Gasteiger partial charge in [0.05, 0.1) is 17.5 Å². The number of hydrogen-bond acceptors (Lipinski definition) is 4. The summed E-state index contributed by atoms with van der Waals surface area (Å²) in [7, 11) is 4.00. The molecule has 2 aromatic heterocycles. The van der Waals surface area contributed by atoms with Crippen LogP contribution < -0.4 is 4.90 Å². The summed E-state index contributed by atoms with van der Waals surface area (Å²) in [6, 6.07) is 16.0. The van der Waals surface area contributed by atoms with Gasteiger partial charge in [0.1, 0.15) is 11.8 Å². The first-order valence-corrected chi connectivity index (χ1v) is 7.33. The van der Waals surface area contributed by atoms with E-state index in [1.165, 1.54) is 0 Å². The molecule has 0 spiro atoms. The number of furan rings is 1. The normalized spacial score (nSPS) is 10.3. The zero-order valence-electron chi connectivity index (χ0n) is 13.4. The van der Waals surface area contributed by atoms with E-state index in [0.29, 0.717) is 17.0 Å². The van der Waals surface area contributed by atoms with E-state index in [9.17, 15) is 5.26 Å². The zero-order valence-corrected chi connectivity index (χ0v) is 13.4. The van der Waals surface area contributed by atoms with Crippen LogP contribution in [0.5, 0.6) is 0 Å². The Morgan fingerprint density at radius 3 is 2.43 bits per heavy atom. The largest absolute Gasteiger partial charge is 0.463 e. The van der Waals surface area contributed by atoms with Gasteiger partial charge in [-0.25, -0.2) is 4.98 Å². The van der Waals surface area contributed by atoms with Gasteiger partial charge in [-0.2, -0.15) is 5.26 Å². The molecule has 0 bridgehead atoms. The average Bonchev–Trinajstić information content (AvgIpc) is 3.08. The summed E-state index contributed by atoms with van der Waals surface area (Å²) in [6.45, 7) is 1.85. The highest BCUT2D eigenvalue weighted by atomic mass is 16.3. The topological polar surface area (TPSA) is 53.1 Å². The van der Waals surface area contributed by atoms with Crippen molar-refractivity contribution in [3.63, 3.8) is 0 Å². The Labute approximate surface area is 135 Å². The number of rotatable bonds is 3. The van der Waals surface area contributed by atoms with Crippen LogP contribution in [0.3, 0.4) is 0 Å². The van der Waals surface area contributed by atoms with Gasteiger partial charge in [0.2, 0.25) is 0 Å². The predicted octanol–water partition coefficient (Wildman–Crippen LogP) is 4.25. The van der Waals surface area contributed by atoms with Crippen LogP contribution in [-0.4, -0.2) is 19.1 Å². The summed E-state index contributed by atoms with van der Waals surface area (Å²) in [5, 5.41) is 9.50. The lowest BCUT2D eigenvalue weighted by Crippen LogP contribution is -2.08. The van der Waals surface area contributed by atoms with Crippen molar-refractivity contribution in [2.75, 3.05) is 19.0 Å². The molecule has 0 aliphatic carbocycles. The molecule has 3 aromatic rings. The van der Waals surface area contributed by atoms with Gasteiger partial charge >= 0.3 is 0 Å². The molecule has 2 heterocycles. The van der Waals surface area contributed by atoms with Crippen molar-refractivity contribution >= 4 is 5.69 Å². The molecule has 4 heteroatoms. The first-order chi connectivity index (χ1) is 11.1. The number of aryl methyl sites for hydroxylation is 1. The lowest BCUT2D eigenvalue weighted by atomic mass is 9.98. The fraction of sp³-hybridized carbons (Fsp3) is 0.158. The monoisotopic (exact) mass is 303 g/mol. The summed E-state index contributed by atoms with van der Waals surface area (Å²) in [6.07, 6.45) is 1.62. The quantitative estimate of drug-likeness (QED) is 0.725. The molecule has 0 unspecified atom stereocenters. The SMILES string of the molecule is Cc1nc(-c2ccco2)cc(-c2ccc(N(C)C)cc2)c1C#N. The maximum atomic E-state index is 9.50. The number of aromatic nitrogens is 1. The minimum Gasteiger partial charge on any atom is -0.463 e. The van der Waals surface area contributed by atoms with Gasteiger partial charge < -0.3 is 9.32 Å². The van der Waals surface area contributed by atoms with E-state index in [-0.39, 0.29) is 0 Å². The van der Waals surface area contributed by atoms with Gasteiger partial charge in [0.25, 0.3) is 0 Å². The van der Waals surface area contributed by atoms with E-state index in [4.69, 9.17) is 4.42 Å². The highest BCUT2D eigenvalue weighted by molar-refractivity contribution is 5.76. The average molecular weight is 303 g/mol. The Bertz CT molecular complexity index is 857. The van der Waals surface area contributed by atoms with E-state index in [1.54, 1.807) is 6.26 Å². The zero-order chi connectivity index (χ0) is 16.4. The molecule has 3 rings (SSSR count). The Morgan fingerprint density at radius 2 is 1.87 bits per heavy atom. The Kier molecular flexibility index (Phi) is 3.86. The molecule has 0 saturated heterocycles. The molecule has 0 saturated carbocycles. The van der Waals surface area contributed by atoms with Gasteiger partial charge in [0, 0.05) is 25.3 Å². The molecule has 0 aliphatic heterocycles. The van der Waals surface area contributed by atoms with E-state index in [2.05, 4.69) is 11.1 Å². The molecular weight excluding hydrogens is 286 g/mol. The van der Waals surface area contributed by atoms with Gasteiger partial charge in [-0.3, -0.25) is 0 Å². The maximum Gasteiger partial charge on any atom is 0.152 e. The smallest absolute Gasteiger partial charge is 0.152 e. The second-order valence-corrected chi connectivity index (χ2v) is 5.55. The molecule has 0 aliphatic rings. The number of benzene rings is 1. The number of pyridine rings is 1. The maximum absolute atomic E-state index is 9.50. The van der Waals surface area contributed by atoms with Crippen molar-refractivity contribution in [2.45, 2.75) is 6.92 Å². The fourth-order valence-corrected chi connectivity index (χ4v) is 2.53. The van der Waals surface area contributed by atoms with Crippen LogP contribution in [0.25, 0.3) is 22.6 Å². The number of nitrogens with zero attached hydrogens (tertiary/aromatic N) is 3. The molecular formula is C19H17N3O. The Balaban J connectivity index is 2.15. The van der Waals surface area contributed by atoms with Crippen molar-refractivity contribution in [2.24, 2.45) is 0 Å². The minimum absolute atomic E-state index is 0.595. The lowest BCUT2D eigenvalue weighted by molar-refractivity contribution is 0.580. The predicted molar refractivity (Wildman–Crippen MR) is 91.2 cm³/mol. The van der Waals surface area contributed by atoms with Crippen LogP contribution in [0.15, 0.2) is 53.1 Å². The third kappa shape index (κ3) is 2.82. The molecule has 23 heavy (non-hydrogen) atoms. The number of hydrogen-bond donors (Lipinski definition) is 0. The van der Waals surface area contributed by atoms with E-state index < -0.39 is 0 Å². The van der Waals surface area contributed by atoms with E-state index in [1.807, 2.05) is 68.4 Å². The van der Waals surface area contributed by atoms with Crippen molar-refractivity contribution < 1.29 is 4.42 Å². The highest BCUT2D eigenvalue weighted by Gasteiger charge is 2.14. The molecule has 1 aromatic carbocycles. The molecule has 114 valence electrons. The second kappa shape index (κ2) is 5.98. The van der Waals surface area contributed by atoms with Gasteiger partial charge in [0.15, 0.2) is 5.76 Å². The highest BCUT2D eigenvalue weighted by Crippen LogP contribution is 2.31. The molecule has 0 atom stereocenters. The standard InChI is InChI=1S/C19H17N3O/c1-13-17(12-20)16(11-18(21-13)19-5-4-10-23-19)14-6-8-15(9-7-14)22(2)3/h4-11H,1-3H3. The molecule has 4 nitrogen and oxygen atoms in total. The van der Waals surface area contributed by atoms with Gasteiger partial charge in [-0.1, -0.05) is 12.1 Å². The summed E-state index contributed by atoms with van der Waals surface area (Å²) in [5.41, 5.74) is 5.01. The summed E-state index contributed by atoms with van der Waals surface area (Å²) < 4.78 is 5.44.